The zero-order valence-electron chi connectivity index (χ0n) is 12.5. The summed E-state index contributed by atoms with van der Waals surface area (Å²) in [5, 5.41) is 0. The molecule has 0 aliphatic heterocycles. The van der Waals surface area contributed by atoms with Gasteiger partial charge in [0.25, 0.3) is 9.05 Å². The molecule has 0 saturated carbocycles. The van der Waals surface area contributed by atoms with E-state index in [1.165, 1.54) is 6.07 Å². The lowest BCUT2D eigenvalue weighted by molar-refractivity contribution is 0.248. The van der Waals surface area contributed by atoms with Gasteiger partial charge >= 0.3 is 0 Å². The molecule has 114 valence electrons. The summed E-state index contributed by atoms with van der Waals surface area (Å²) in [6, 6.07) is 4.80. The van der Waals surface area contributed by atoms with Crippen LogP contribution in [0.1, 0.15) is 52.0 Å². The Morgan fingerprint density at radius 1 is 1.25 bits per heavy atom. The number of hydrogen-bond donors (Lipinski definition) is 0. The lowest BCUT2D eigenvalue weighted by Gasteiger charge is -2.17. The molecule has 0 aliphatic rings. The molecule has 1 rings (SSSR count). The first-order valence-electron chi connectivity index (χ1n) is 6.97. The molecule has 0 spiro atoms. The molecule has 0 amide bonds. The topological polar surface area (TPSA) is 43.4 Å². The molecule has 0 aliphatic carbocycles. The Hall–Kier alpha value is -0.740. The Morgan fingerprint density at radius 3 is 2.40 bits per heavy atom. The summed E-state index contributed by atoms with van der Waals surface area (Å²) >= 11 is 0. The monoisotopic (exact) mass is 318 g/mol. The van der Waals surface area contributed by atoms with E-state index < -0.39 is 9.05 Å². The van der Waals surface area contributed by atoms with Crippen LogP contribution in [0.25, 0.3) is 0 Å². The second-order valence-electron chi connectivity index (χ2n) is 5.50. The van der Waals surface area contributed by atoms with Crippen molar-refractivity contribution in [2.45, 2.75) is 51.3 Å². The summed E-state index contributed by atoms with van der Waals surface area (Å²) < 4.78 is 28.6. The molecular formula is C15H23ClO3S. The fourth-order valence-electron chi connectivity index (χ4n) is 2.07. The number of benzene rings is 1. The normalized spacial score (nSPS) is 13.5. The molecular weight excluding hydrogens is 296 g/mol. The summed E-state index contributed by atoms with van der Waals surface area (Å²) in [6.45, 7) is 8.94. The van der Waals surface area contributed by atoms with E-state index in [1.807, 2.05) is 13.8 Å². The number of hydrogen-bond acceptors (Lipinski definition) is 3. The maximum atomic E-state index is 11.4. The van der Waals surface area contributed by atoms with Gasteiger partial charge in [0.15, 0.2) is 0 Å². The molecule has 1 aromatic carbocycles. The quantitative estimate of drug-likeness (QED) is 0.692. The van der Waals surface area contributed by atoms with E-state index in [0.717, 1.165) is 24.2 Å². The molecule has 0 fully saturated rings. The molecule has 0 bridgehead atoms. The third-order valence-corrected chi connectivity index (χ3v) is 4.54. The van der Waals surface area contributed by atoms with Crippen molar-refractivity contribution in [3.8, 4) is 5.75 Å². The third kappa shape index (κ3) is 4.98. The van der Waals surface area contributed by atoms with E-state index in [1.54, 1.807) is 12.1 Å². The highest BCUT2D eigenvalue weighted by molar-refractivity contribution is 8.13. The van der Waals surface area contributed by atoms with Gasteiger partial charge in [0.2, 0.25) is 0 Å². The Bertz CT molecular complexity index is 538. The molecule has 1 atom stereocenters. The molecule has 0 N–H and O–H groups in total. The number of ether oxygens (including phenoxy) is 1. The second-order valence-corrected chi connectivity index (χ2v) is 8.06. The first-order chi connectivity index (χ1) is 9.25. The SMILES string of the molecule is CCCC(C)COc1ccc(S(=O)(=O)Cl)cc1C(C)C. The van der Waals surface area contributed by atoms with Crippen molar-refractivity contribution < 1.29 is 13.2 Å². The first kappa shape index (κ1) is 17.3. The average Bonchev–Trinajstić information content (AvgIpc) is 2.35. The van der Waals surface area contributed by atoms with Crippen molar-refractivity contribution >= 4 is 19.7 Å². The summed E-state index contributed by atoms with van der Waals surface area (Å²) in [5.41, 5.74) is 0.871. The van der Waals surface area contributed by atoms with Gasteiger partial charge in [-0.25, -0.2) is 8.42 Å². The van der Waals surface area contributed by atoms with Gasteiger partial charge < -0.3 is 4.74 Å². The summed E-state index contributed by atoms with van der Waals surface area (Å²) in [7, 11) is 1.69. The van der Waals surface area contributed by atoms with E-state index in [0.29, 0.717) is 12.5 Å². The second kappa shape index (κ2) is 7.32. The molecule has 1 aromatic rings. The van der Waals surface area contributed by atoms with E-state index in [4.69, 9.17) is 15.4 Å². The fraction of sp³-hybridized carbons (Fsp3) is 0.600. The van der Waals surface area contributed by atoms with Crippen molar-refractivity contribution in [2.24, 2.45) is 5.92 Å². The molecule has 0 aromatic heterocycles. The Balaban J connectivity index is 2.97. The van der Waals surface area contributed by atoms with E-state index in [9.17, 15) is 8.42 Å². The molecule has 0 radical (unpaired) electrons. The summed E-state index contributed by atoms with van der Waals surface area (Å²) in [6.07, 6.45) is 2.25. The minimum atomic E-state index is -3.70. The predicted octanol–water partition coefficient (Wildman–Crippen LogP) is 4.55. The lowest BCUT2D eigenvalue weighted by atomic mass is 10.0. The van der Waals surface area contributed by atoms with Crippen LogP contribution in [0.3, 0.4) is 0 Å². The van der Waals surface area contributed by atoms with Gasteiger partial charge in [0.05, 0.1) is 11.5 Å². The zero-order valence-corrected chi connectivity index (χ0v) is 14.1. The summed E-state index contributed by atoms with van der Waals surface area (Å²) in [5.74, 6) is 1.40. The highest BCUT2D eigenvalue weighted by Gasteiger charge is 2.16. The predicted molar refractivity (Wildman–Crippen MR) is 83.1 cm³/mol. The van der Waals surface area contributed by atoms with Crippen LogP contribution >= 0.6 is 10.7 Å². The summed E-state index contributed by atoms with van der Waals surface area (Å²) in [4.78, 5) is 0.122. The van der Waals surface area contributed by atoms with Crippen molar-refractivity contribution in [2.75, 3.05) is 6.61 Å². The van der Waals surface area contributed by atoms with Crippen LogP contribution in [0.4, 0.5) is 0 Å². The van der Waals surface area contributed by atoms with Crippen LogP contribution in [0.15, 0.2) is 23.1 Å². The minimum absolute atomic E-state index is 0.122. The fourth-order valence-corrected chi connectivity index (χ4v) is 2.86. The average molecular weight is 319 g/mol. The molecule has 5 heteroatoms. The van der Waals surface area contributed by atoms with Gasteiger partial charge in [-0.3, -0.25) is 0 Å². The number of rotatable bonds is 7. The largest absolute Gasteiger partial charge is 0.493 e. The van der Waals surface area contributed by atoms with Crippen LogP contribution in [-0.4, -0.2) is 15.0 Å². The minimum Gasteiger partial charge on any atom is -0.493 e. The van der Waals surface area contributed by atoms with Gasteiger partial charge in [-0.1, -0.05) is 34.1 Å². The Kier molecular flexibility index (Phi) is 6.34. The van der Waals surface area contributed by atoms with Crippen LogP contribution < -0.4 is 4.74 Å². The van der Waals surface area contributed by atoms with Crippen molar-refractivity contribution in [3.63, 3.8) is 0 Å². The van der Waals surface area contributed by atoms with Crippen LogP contribution in [0.5, 0.6) is 5.75 Å². The molecule has 0 saturated heterocycles. The highest BCUT2D eigenvalue weighted by atomic mass is 35.7. The van der Waals surface area contributed by atoms with Gasteiger partial charge in [-0.05, 0) is 42.0 Å². The van der Waals surface area contributed by atoms with Crippen molar-refractivity contribution in [3.05, 3.63) is 23.8 Å². The van der Waals surface area contributed by atoms with Gasteiger partial charge in [-0.2, -0.15) is 0 Å². The standard InChI is InChI=1S/C15H23ClO3S/c1-5-6-12(4)10-19-15-8-7-13(20(16,17)18)9-14(15)11(2)3/h7-9,11-12H,5-6,10H2,1-4H3. The first-order valence-corrected chi connectivity index (χ1v) is 9.28. The van der Waals surface area contributed by atoms with Gasteiger partial charge in [-0.15, -0.1) is 0 Å². The van der Waals surface area contributed by atoms with Crippen LogP contribution in [-0.2, 0) is 9.05 Å². The molecule has 0 heterocycles. The maximum absolute atomic E-state index is 11.4. The van der Waals surface area contributed by atoms with Crippen LogP contribution in [0, 0.1) is 5.92 Å². The molecule has 1 unspecified atom stereocenters. The van der Waals surface area contributed by atoms with Crippen molar-refractivity contribution in [1.29, 1.82) is 0 Å². The Morgan fingerprint density at radius 2 is 1.90 bits per heavy atom. The van der Waals surface area contributed by atoms with Gasteiger partial charge in [0.1, 0.15) is 5.75 Å². The highest BCUT2D eigenvalue weighted by Crippen LogP contribution is 2.30. The Labute approximate surface area is 126 Å². The van der Waals surface area contributed by atoms with E-state index >= 15 is 0 Å². The van der Waals surface area contributed by atoms with Crippen LogP contribution in [0.2, 0.25) is 0 Å². The smallest absolute Gasteiger partial charge is 0.261 e. The van der Waals surface area contributed by atoms with Crippen molar-refractivity contribution in [1.82, 2.24) is 0 Å². The molecule has 3 nitrogen and oxygen atoms in total. The maximum Gasteiger partial charge on any atom is 0.261 e. The third-order valence-electron chi connectivity index (χ3n) is 3.19. The van der Waals surface area contributed by atoms with Gasteiger partial charge in [0, 0.05) is 10.7 Å². The van der Waals surface area contributed by atoms with E-state index in [2.05, 4.69) is 13.8 Å². The van der Waals surface area contributed by atoms with E-state index in [-0.39, 0.29) is 10.8 Å². The zero-order chi connectivity index (χ0) is 15.3. The lowest BCUT2D eigenvalue weighted by Crippen LogP contribution is -2.10. The number of halogens is 1. The molecule has 20 heavy (non-hydrogen) atoms.